The van der Waals surface area contributed by atoms with Crippen LogP contribution in [0.15, 0.2) is 35.3 Å². The highest BCUT2D eigenvalue weighted by Gasteiger charge is 2.18. The number of aliphatic imine (C=N–C) groups is 1. The number of para-hydroxylation sites is 1. The smallest absolute Gasteiger partial charge is 0.289 e. The molecule has 1 aromatic rings. The van der Waals surface area contributed by atoms with E-state index in [2.05, 4.69) is 10.3 Å². The van der Waals surface area contributed by atoms with Gasteiger partial charge in [-0.3, -0.25) is 0 Å². The van der Waals surface area contributed by atoms with Crippen LogP contribution in [0.3, 0.4) is 0 Å². The van der Waals surface area contributed by atoms with Gasteiger partial charge in [-0.1, -0.05) is 18.2 Å². The molecule has 0 saturated carbocycles. The van der Waals surface area contributed by atoms with E-state index in [4.69, 9.17) is 16.3 Å². The van der Waals surface area contributed by atoms with Crippen LogP contribution in [-0.2, 0) is 4.74 Å². The van der Waals surface area contributed by atoms with Crippen molar-refractivity contribution < 1.29 is 4.74 Å². The topological polar surface area (TPSA) is 33.6 Å². The molecule has 3 nitrogen and oxygen atoms in total. The molecule has 1 unspecified atom stereocenters. The summed E-state index contributed by atoms with van der Waals surface area (Å²) in [5.41, 5.74) is 0.974. The number of halogens is 1. The Bertz CT molecular complexity index is 326. The molecule has 74 valence electrons. The third-order valence-electron chi connectivity index (χ3n) is 1.91. The molecule has 0 aromatic heterocycles. The van der Waals surface area contributed by atoms with Crippen LogP contribution in [0.1, 0.15) is 0 Å². The summed E-state index contributed by atoms with van der Waals surface area (Å²) >= 11 is 5.65. The van der Waals surface area contributed by atoms with Gasteiger partial charge >= 0.3 is 0 Å². The van der Waals surface area contributed by atoms with Gasteiger partial charge in [-0.25, -0.2) is 4.99 Å². The van der Waals surface area contributed by atoms with Crippen molar-refractivity contribution in [3.05, 3.63) is 30.3 Å². The Morgan fingerprint density at radius 2 is 2.21 bits per heavy atom. The first-order valence-corrected chi connectivity index (χ1v) is 5.01. The van der Waals surface area contributed by atoms with Crippen molar-refractivity contribution in [3.63, 3.8) is 0 Å². The third-order valence-corrected chi connectivity index (χ3v) is 2.26. The minimum absolute atomic E-state index is 0.0166. The highest BCUT2D eigenvalue weighted by atomic mass is 35.5. The second-order valence-electron chi connectivity index (χ2n) is 3.03. The first-order chi connectivity index (χ1) is 6.88. The van der Waals surface area contributed by atoms with Gasteiger partial charge in [0, 0.05) is 5.69 Å². The zero-order chi connectivity index (χ0) is 9.80. The molecule has 1 aliphatic heterocycles. The van der Waals surface area contributed by atoms with Crippen molar-refractivity contribution >= 4 is 23.3 Å². The van der Waals surface area contributed by atoms with E-state index in [0.717, 1.165) is 5.69 Å². The molecule has 4 heteroatoms. The van der Waals surface area contributed by atoms with Crippen LogP contribution in [-0.4, -0.2) is 24.6 Å². The fraction of sp³-hybridized carbons (Fsp3) is 0.300. The van der Waals surface area contributed by atoms with E-state index in [1.807, 2.05) is 30.3 Å². The van der Waals surface area contributed by atoms with Gasteiger partial charge in [0.15, 0.2) is 0 Å². The van der Waals surface area contributed by atoms with Crippen molar-refractivity contribution in [1.82, 2.24) is 0 Å². The number of anilines is 1. The Morgan fingerprint density at radius 1 is 1.43 bits per heavy atom. The lowest BCUT2D eigenvalue weighted by atomic mass is 10.3. The van der Waals surface area contributed by atoms with E-state index < -0.39 is 0 Å². The third kappa shape index (κ3) is 2.17. The standard InChI is InChI=1S/C10H11ClN2O/c11-6-9-7-12-10(14-9)13-8-4-2-1-3-5-8/h1-5,9H,6-7H2,(H,12,13). The van der Waals surface area contributed by atoms with Crippen LogP contribution in [0.25, 0.3) is 0 Å². The molecule has 0 radical (unpaired) electrons. The number of hydrogen-bond acceptors (Lipinski definition) is 3. The molecular formula is C10H11ClN2O. The number of amidine groups is 1. The predicted octanol–water partition coefficient (Wildman–Crippen LogP) is 2.09. The van der Waals surface area contributed by atoms with E-state index in [-0.39, 0.29) is 6.10 Å². The summed E-state index contributed by atoms with van der Waals surface area (Å²) in [5.74, 6) is 0.476. The molecule has 0 fully saturated rings. The van der Waals surface area contributed by atoms with Gasteiger partial charge in [0.25, 0.3) is 6.02 Å². The molecule has 0 spiro atoms. The largest absolute Gasteiger partial charge is 0.458 e. The van der Waals surface area contributed by atoms with Gasteiger partial charge in [0.05, 0.1) is 12.4 Å². The van der Waals surface area contributed by atoms with E-state index in [0.29, 0.717) is 18.4 Å². The SMILES string of the molecule is ClCC1CN=C(Nc2ccccc2)O1. The molecular weight excluding hydrogens is 200 g/mol. The van der Waals surface area contributed by atoms with Gasteiger partial charge < -0.3 is 10.1 Å². The maximum absolute atomic E-state index is 5.65. The number of ether oxygens (including phenoxy) is 1. The fourth-order valence-electron chi connectivity index (χ4n) is 1.21. The van der Waals surface area contributed by atoms with Gasteiger partial charge in [0.1, 0.15) is 6.10 Å². The van der Waals surface area contributed by atoms with E-state index >= 15 is 0 Å². The van der Waals surface area contributed by atoms with Crippen LogP contribution in [0, 0.1) is 0 Å². The minimum Gasteiger partial charge on any atom is -0.458 e. The van der Waals surface area contributed by atoms with Crippen molar-refractivity contribution in [3.8, 4) is 0 Å². The molecule has 2 rings (SSSR count). The average molecular weight is 211 g/mol. The number of benzene rings is 1. The maximum Gasteiger partial charge on any atom is 0.289 e. The zero-order valence-corrected chi connectivity index (χ0v) is 8.37. The monoisotopic (exact) mass is 210 g/mol. The molecule has 1 atom stereocenters. The van der Waals surface area contributed by atoms with Gasteiger partial charge in [-0.2, -0.15) is 0 Å². The summed E-state index contributed by atoms with van der Waals surface area (Å²) in [6, 6.07) is 10.3. The molecule has 1 heterocycles. The summed E-state index contributed by atoms with van der Waals surface area (Å²) in [5, 5.41) is 3.07. The van der Waals surface area contributed by atoms with E-state index in [1.165, 1.54) is 0 Å². The fourth-order valence-corrected chi connectivity index (χ4v) is 1.37. The summed E-state index contributed by atoms with van der Waals surface area (Å²) < 4.78 is 5.42. The second-order valence-corrected chi connectivity index (χ2v) is 3.34. The lowest BCUT2D eigenvalue weighted by Crippen LogP contribution is -2.19. The number of nitrogens with one attached hydrogen (secondary N) is 1. The Balaban J connectivity index is 1.94. The molecule has 0 saturated heterocycles. The normalized spacial score (nSPS) is 20.1. The van der Waals surface area contributed by atoms with E-state index in [9.17, 15) is 0 Å². The van der Waals surface area contributed by atoms with Crippen molar-refractivity contribution in [1.29, 1.82) is 0 Å². The van der Waals surface area contributed by atoms with Gasteiger partial charge in [0.2, 0.25) is 0 Å². The molecule has 0 aliphatic carbocycles. The summed E-state index contributed by atoms with van der Waals surface area (Å²) in [4.78, 5) is 4.18. The molecule has 1 aliphatic rings. The van der Waals surface area contributed by atoms with Crippen LogP contribution in [0.5, 0.6) is 0 Å². The van der Waals surface area contributed by atoms with Crippen LogP contribution in [0.2, 0.25) is 0 Å². The van der Waals surface area contributed by atoms with Crippen LogP contribution < -0.4 is 5.32 Å². The Kier molecular flexibility index (Phi) is 2.89. The Hall–Kier alpha value is -1.22. The molecule has 14 heavy (non-hydrogen) atoms. The zero-order valence-electron chi connectivity index (χ0n) is 7.61. The predicted molar refractivity (Wildman–Crippen MR) is 58.0 cm³/mol. The van der Waals surface area contributed by atoms with Gasteiger partial charge in [-0.15, -0.1) is 11.6 Å². The molecule has 1 N–H and O–H groups in total. The molecule has 0 amide bonds. The van der Waals surface area contributed by atoms with Crippen molar-refractivity contribution in [2.24, 2.45) is 4.99 Å². The molecule has 1 aromatic carbocycles. The summed E-state index contributed by atoms with van der Waals surface area (Å²) in [6.45, 7) is 0.638. The summed E-state index contributed by atoms with van der Waals surface area (Å²) in [7, 11) is 0. The number of nitrogens with zero attached hydrogens (tertiary/aromatic N) is 1. The number of alkyl halides is 1. The second kappa shape index (κ2) is 4.33. The first kappa shape index (κ1) is 9.34. The number of rotatable bonds is 2. The molecule has 0 bridgehead atoms. The number of hydrogen-bond donors (Lipinski definition) is 1. The quantitative estimate of drug-likeness (QED) is 0.759. The maximum atomic E-state index is 5.65. The highest BCUT2D eigenvalue weighted by Crippen LogP contribution is 2.10. The summed E-state index contributed by atoms with van der Waals surface area (Å²) in [6.07, 6.45) is 0.0166. The minimum atomic E-state index is 0.0166. The van der Waals surface area contributed by atoms with Crippen LogP contribution in [0.4, 0.5) is 5.69 Å². The van der Waals surface area contributed by atoms with Gasteiger partial charge in [-0.05, 0) is 12.1 Å². The van der Waals surface area contributed by atoms with Crippen molar-refractivity contribution in [2.75, 3.05) is 17.7 Å². The average Bonchev–Trinajstić information content (AvgIpc) is 2.67. The van der Waals surface area contributed by atoms with Crippen LogP contribution >= 0.6 is 11.6 Å². The van der Waals surface area contributed by atoms with E-state index in [1.54, 1.807) is 0 Å². The Morgan fingerprint density at radius 3 is 2.86 bits per heavy atom. The Labute approximate surface area is 87.7 Å². The van der Waals surface area contributed by atoms with Crippen molar-refractivity contribution in [2.45, 2.75) is 6.10 Å². The lowest BCUT2D eigenvalue weighted by molar-refractivity contribution is 0.248. The lowest BCUT2D eigenvalue weighted by Gasteiger charge is -2.08. The first-order valence-electron chi connectivity index (χ1n) is 4.47. The highest BCUT2D eigenvalue weighted by molar-refractivity contribution is 6.18.